The average molecular weight is 287 g/mol. The highest BCUT2D eigenvalue weighted by molar-refractivity contribution is 7.89. The van der Waals surface area contributed by atoms with Crippen molar-refractivity contribution in [2.45, 2.75) is 38.1 Å². The lowest BCUT2D eigenvalue weighted by Gasteiger charge is -2.18. The van der Waals surface area contributed by atoms with E-state index in [-0.39, 0.29) is 16.9 Å². The van der Waals surface area contributed by atoms with Crippen LogP contribution in [0.2, 0.25) is 0 Å². The van der Waals surface area contributed by atoms with E-state index in [0.29, 0.717) is 26.1 Å². The third-order valence-electron chi connectivity index (χ3n) is 3.44. The highest BCUT2D eigenvalue weighted by atomic mass is 32.2. The predicted octanol–water partition coefficient (Wildman–Crippen LogP) is 0.686. The summed E-state index contributed by atoms with van der Waals surface area (Å²) >= 11 is 0. The zero-order valence-electron chi connectivity index (χ0n) is 11.4. The normalized spacial score (nSPS) is 19.9. The summed E-state index contributed by atoms with van der Waals surface area (Å²) in [6.45, 7) is 5.87. The van der Waals surface area contributed by atoms with Crippen LogP contribution in [0, 0.1) is 5.41 Å². The molecule has 6 nitrogen and oxygen atoms in total. The number of aliphatic hydroxyl groups excluding tert-OH is 1. The Morgan fingerprint density at radius 1 is 1.47 bits per heavy atom. The molecule has 0 aliphatic carbocycles. The first-order valence-corrected chi connectivity index (χ1v) is 7.93. The van der Waals surface area contributed by atoms with E-state index in [1.807, 2.05) is 0 Å². The van der Waals surface area contributed by atoms with Gasteiger partial charge in [-0.05, 0) is 18.3 Å². The molecule has 2 rings (SSSR count). The average Bonchev–Trinajstić information content (AvgIpc) is 2.93. The van der Waals surface area contributed by atoms with Crippen molar-refractivity contribution in [3.63, 3.8) is 0 Å². The molecule has 0 amide bonds. The molecular formula is C12H21N3O3S. The third kappa shape index (κ3) is 3.16. The molecule has 0 radical (unpaired) electrons. The predicted molar refractivity (Wildman–Crippen MR) is 71.1 cm³/mol. The second-order valence-corrected chi connectivity index (χ2v) is 7.71. The van der Waals surface area contributed by atoms with Gasteiger partial charge in [-0.15, -0.1) is 0 Å². The number of aromatic nitrogens is 2. The Kier molecular flexibility index (Phi) is 3.98. The van der Waals surface area contributed by atoms with E-state index >= 15 is 0 Å². The van der Waals surface area contributed by atoms with Gasteiger partial charge in [0.1, 0.15) is 4.90 Å². The molecule has 0 bridgehead atoms. The topological polar surface area (TPSA) is 75.4 Å². The summed E-state index contributed by atoms with van der Waals surface area (Å²) in [5.74, 6) is 0. The Bertz CT molecular complexity index is 536. The van der Waals surface area contributed by atoms with Gasteiger partial charge in [0.05, 0.1) is 6.20 Å². The molecule has 1 aromatic heterocycles. The lowest BCUT2D eigenvalue weighted by Crippen LogP contribution is -2.30. The molecule has 1 aromatic rings. The molecule has 0 aromatic carbocycles. The van der Waals surface area contributed by atoms with Crippen LogP contribution in [0.3, 0.4) is 0 Å². The zero-order valence-corrected chi connectivity index (χ0v) is 12.2. The summed E-state index contributed by atoms with van der Waals surface area (Å²) in [7, 11) is -3.43. The fraction of sp³-hybridized carbons (Fsp3) is 0.750. The number of sulfonamides is 1. The summed E-state index contributed by atoms with van der Waals surface area (Å²) in [4.78, 5) is 0.239. The van der Waals surface area contributed by atoms with Crippen LogP contribution in [0.4, 0.5) is 0 Å². The van der Waals surface area contributed by atoms with Crippen LogP contribution in [0.5, 0.6) is 0 Å². The fourth-order valence-corrected chi connectivity index (χ4v) is 3.83. The summed E-state index contributed by atoms with van der Waals surface area (Å²) in [5, 5.41) is 12.8. The van der Waals surface area contributed by atoms with Gasteiger partial charge in [-0.1, -0.05) is 13.8 Å². The van der Waals surface area contributed by atoms with E-state index in [9.17, 15) is 8.42 Å². The van der Waals surface area contributed by atoms with Crippen molar-refractivity contribution in [1.82, 2.24) is 14.1 Å². The van der Waals surface area contributed by atoms with Gasteiger partial charge >= 0.3 is 0 Å². The SMILES string of the molecule is CC1(C)CCN(S(=O)(=O)c2cnn(CCCO)c2)C1. The van der Waals surface area contributed by atoms with Gasteiger partial charge in [0, 0.05) is 32.4 Å². The molecule has 1 aliphatic heterocycles. The lowest BCUT2D eigenvalue weighted by molar-refractivity contribution is 0.277. The number of rotatable bonds is 5. The molecular weight excluding hydrogens is 266 g/mol. The summed E-state index contributed by atoms with van der Waals surface area (Å²) in [5.41, 5.74) is 0.0416. The van der Waals surface area contributed by atoms with E-state index < -0.39 is 10.0 Å². The highest BCUT2D eigenvalue weighted by Crippen LogP contribution is 2.32. The zero-order chi connectivity index (χ0) is 14.1. The van der Waals surface area contributed by atoms with Crippen LogP contribution in [0.1, 0.15) is 26.7 Å². The quantitative estimate of drug-likeness (QED) is 0.864. The molecule has 1 fully saturated rings. The standard InChI is InChI=1S/C12H21N3O3S/c1-12(2)4-6-15(10-12)19(17,18)11-8-13-14(9-11)5-3-7-16/h8-9,16H,3-7,10H2,1-2H3. The summed E-state index contributed by atoms with van der Waals surface area (Å²) in [6, 6.07) is 0. The van der Waals surface area contributed by atoms with Crippen LogP contribution >= 0.6 is 0 Å². The first-order chi connectivity index (χ1) is 8.85. The second kappa shape index (κ2) is 5.22. The lowest BCUT2D eigenvalue weighted by atomic mass is 9.93. The van der Waals surface area contributed by atoms with E-state index in [0.717, 1.165) is 6.42 Å². The number of hydrogen-bond acceptors (Lipinski definition) is 4. The second-order valence-electron chi connectivity index (χ2n) is 5.77. The molecule has 1 aliphatic rings. The van der Waals surface area contributed by atoms with Crippen LogP contribution in [0.25, 0.3) is 0 Å². The van der Waals surface area contributed by atoms with Crippen molar-refractivity contribution in [1.29, 1.82) is 0 Å². The van der Waals surface area contributed by atoms with Gasteiger partial charge in [0.15, 0.2) is 0 Å². The number of hydrogen-bond donors (Lipinski definition) is 1. The van der Waals surface area contributed by atoms with Crippen molar-refractivity contribution >= 4 is 10.0 Å². The Morgan fingerprint density at radius 2 is 2.21 bits per heavy atom. The maximum absolute atomic E-state index is 12.4. The Hall–Kier alpha value is -0.920. The number of nitrogens with zero attached hydrogens (tertiary/aromatic N) is 3. The third-order valence-corrected chi connectivity index (χ3v) is 5.23. The van der Waals surface area contributed by atoms with Crippen LogP contribution < -0.4 is 0 Å². The largest absolute Gasteiger partial charge is 0.396 e. The number of aliphatic hydroxyl groups is 1. The molecule has 108 valence electrons. The molecule has 0 unspecified atom stereocenters. The minimum Gasteiger partial charge on any atom is -0.396 e. The van der Waals surface area contributed by atoms with Gasteiger partial charge in [-0.3, -0.25) is 4.68 Å². The minimum absolute atomic E-state index is 0.0416. The Labute approximate surface area is 114 Å². The molecule has 0 spiro atoms. The van der Waals surface area contributed by atoms with Crippen molar-refractivity contribution in [2.24, 2.45) is 5.41 Å². The van der Waals surface area contributed by atoms with Crippen molar-refractivity contribution in [3.05, 3.63) is 12.4 Å². The van der Waals surface area contributed by atoms with Crippen LogP contribution in [-0.2, 0) is 16.6 Å². The fourth-order valence-electron chi connectivity index (χ4n) is 2.25. The minimum atomic E-state index is -3.43. The Morgan fingerprint density at radius 3 is 2.79 bits per heavy atom. The molecule has 1 saturated heterocycles. The monoisotopic (exact) mass is 287 g/mol. The molecule has 0 saturated carbocycles. The molecule has 2 heterocycles. The summed E-state index contributed by atoms with van der Waals surface area (Å²) < 4.78 is 28.0. The van der Waals surface area contributed by atoms with Crippen LogP contribution in [0.15, 0.2) is 17.3 Å². The van der Waals surface area contributed by atoms with Crippen molar-refractivity contribution in [3.8, 4) is 0 Å². The van der Waals surface area contributed by atoms with Gasteiger partial charge in [-0.2, -0.15) is 9.40 Å². The first kappa shape index (κ1) is 14.5. The Balaban J connectivity index is 2.14. The van der Waals surface area contributed by atoms with E-state index in [1.54, 1.807) is 4.68 Å². The molecule has 1 N–H and O–H groups in total. The van der Waals surface area contributed by atoms with Gasteiger partial charge in [0.2, 0.25) is 10.0 Å². The highest BCUT2D eigenvalue weighted by Gasteiger charge is 2.37. The van der Waals surface area contributed by atoms with Crippen LogP contribution in [-0.4, -0.2) is 47.3 Å². The van der Waals surface area contributed by atoms with Gasteiger partial charge < -0.3 is 5.11 Å². The maximum atomic E-state index is 12.4. The van der Waals surface area contributed by atoms with E-state index in [1.165, 1.54) is 16.7 Å². The first-order valence-electron chi connectivity index (χ1n) is 6.49. The number of aryl methyl sites for hydroxylation is 1. The molecule has 7 heteroatoms. The van der Waals surface area contributed by atoms with E-state index in [2.05, 4.69) is 18.9 Å². The van der Waals surface area contributed by atoms with Crippen molar-refractivity contribution in [2.75, 3.05) is 19.7 Å². The smallest absolute Gasteiger partial charge is 0.246 e. The summed E-state index contributed by atoms with van der Waals surface area (Å²) in [6.07, 6.45) is 4.37. The van der Waals surface area contributed by atoms with E-state index in [4.69, 9.17) is 5.11 Å². The van der Waals surface area contributed by atoms with Gasteiger partial charge in [-0.25, -0.2) is 8.42 Å². The van der Waals surface area contributed by atoms with Gasteiger partial charge in [0.25, 0.3) is 0 Å². The molecule has 0 atom stereocenters. The van der Waals surface area contributed by atoms with Crippen molar-refractivity contribution < 1.29 is 13.5 Å². The maximum Gasteiger partial charge on any atom is 0.246 e. The molecule has 19 heavy (non-hydrogen) atoms.